The Hall–Kier alpha value is -1.84. The molecular formula is C20H31NO3. The summed E-state index contributed by atoms with van der Waals surface area (Å²) < 4.78 is 5.35. The smallest absolute Gasteiger partial charge is 0.207 e. The molecule has 1 atom stereocenters. The first kappa shape index (κ1) is 20.2. The Bertz CT molecular complexity index is 526. The van der Waals surface area contributed by atoms with Gasteiger partial charge in [0.15, 0.2) is 0 Å². The quantitative estimate of drug-likeness (QED) is 0.460. The van der Waals surface area contributed by atoms with Crippen LogP contribution in [0.3, 0.4) is 0 Å². The fraction of sp³-hybridized carbons (Fsp3) is 0.600. The van der Waals surface area contributed by atoms with Gasteiger partial charge in [-0.2, -0.15) is 0 Å². The minimum Gasteiger partial charge on any atom is -0.497 e. The van der Waals surface area contributed by atoms with E-state index in [1.54, 1.807) is 14.0 Å². The number of hydrogen-bond acceptors (Lipinski definition) is 3. The standard InChI is InChI=1S/C20H31NO3/c1-15(2)20(21-14-22)19-12-11-18(24-4)13-17(19)10-8-6-5-7-9-16(3)23/h11-15,20H,5-10H2,1-4H3,(H,21,22). The number of carbonyl (C=O) groups is 2. The predicted octanol–water partition coefficient (Wildman–Crippen LogP) is 4.22. The molecule has 0 aromatic heterocycles. The number of rotatable bonds is 12. The number of aryl methyl sites for hydroxylation is 1. The van der Waals surface area contributed by atoms with Crippen molar-refractivity contribution >= 4 is 12.2 Å². The Labute approximate surface area is 146 Å². The van der Waals surface area contributed by atoms with Crippen molar-refractivity contribution in [1.29, 1.82) is 0 Å². The summed E-state index contributed by atoms with van der Waals surface area (Å²) in [5.41, 5.74) is 2.40. The number of amides is 1. The summed E-state index contributed by atoms with van der Waals surface area (Å²) >= 11 is 0. The van der Waals surface area contributed by atoms with Gasteiger partial charge in [0.25, 0.3) is 0 Å². The fourth-order valence-corrected chi connectivity index (χ4v) is 2.99. The van der Waals surface area contributed by atoms with Gasteiger partial charge in [-0.15, -0.1) is 0 Å². The van der Waals surface area contributed by atoms with Crippen LogP contribution in [-0.2, 0) is 16.0 Å². The second kappa shape index (κ2) is 10.8. The lowest BCUT2D eigenvalue weighted by Gasteiger charge is -2.24. The molecule has 0 radical (unpaired) electrons. The van der Waals surface area contributed by atoms with E-state index in [-0.39, 0.29) is 11.8 Å². The number of ketones is 1. The molecule has 1 unspecified atom stereocenters. The second-order valence-corrected chi connectivity index (χ2v) is 6.69. The molecule has 0 fully saturated rings. The van der Waals surface area contributed by atoms with Crippen LogP contribution in [0, 0.1) is 5.92 Å². The van der Waals surface area contributed by atoms with E-state index in [1.807, 2.05) is 6.07 Å². The third kappa shape index (κ3) is 6.73. The molecule has 0 aliphatic carbocycles. The summed E-state index contributed by atoms with van der Waals surface area (Å²) in [5, 5.41) is 2.94. The zero-order valence-electron chi connectivity index (χ0n) is 15.4. The van der Waals surface area contributed by atoms with Gasteiger partial charge in [0, 0.05) is 6.42 Å². The van der Waals surface area contributed by atoms with Crippen LogP contribution in [0.5, 0.6) is 5.75 Å². The highest BCUT2D eigenvalue weighted by atomic mass is 16.5. The molecular weight excluding hydrogens is 302 g/mol. The monoisotopic (exact) mass is 333 g/mol. The van der Waals surface area contributed by atoms with Crippen molar-refractivity contribution in [2.75, 3.05) is 7.11 Å². The number of methoxy groups -OCH3 is 1. The number of unbranched alkanes of at least 4 members (excludes halogenated alkanes) is 3. The average Bonchev–Trinajstić information content (AvgIpc) is 2.55. The average molecular weight is 333 g/mol. The van der Waals surface area contributed by atoms with E-state index < -0.39 is 0 Å². The number of benzene rings is 1. The summed E-state index contributed by atoms with van der Waals surface area (Å²) in [6.45, 7) is 5.86. The minimum atomic E-state index is 0.0149. The van der Waals surface area contributed by atoms with Crippen molar-refractivity contribution in [2.24, 2.45) is 5.92 Å². The SMILES string of the molecule is COc1ccc(C(NC=O)C(C)C)c(CCCCCCC(C)=O)c1. The highest BCUT2D eigenvalue weighted by Gasteiger charge is 2.18. The molecule has 0 saturated carbocycles. The summed E-state index contributed by atoms with van der Waals surface area (Å²) in [7, 11) is 1.67. The Balaban J connectivity index is 2.74. The van der Waals surface area contributed by atoms with Crippen LogP contribution in [0.2, 0.25) is 0 Å². The van der Waals surface area contributed by atoms with Gasteiger partial charge < -0.3 is 14.8 Å². The molecule has 0 spiro atoms. The number of hydrogen-bond donors (Lipinski definition) is 1. The lowest BCUT2D eigenvalue weighted by atomic mass is 9.90. The molecule has 4 heteroatoms. The molecule has 0 bridgehead atoms. The minimum absolute atomic E-state index is 0.0149. The summed E-state index contributed by atoms with van der Waals surface area (Å²) in [5.74, 6) is 1.43. The Kier molecular flexibility index (Phi) is 9.13. The third-order valence-corrected chi connectivity index (χ3v) is 4.32. The third-order valence-electron chi connectivity index (χ3n) is 4.32. The van der Waals surface area contributed by atoms with Crippen molar-refractivity contribution in [1.82, 2.24) is 5.32 Å². The highest BCUT2D eigenvalue weighted by Crippen LogP contribution is 2.29. The van der Waals surface area contributed by atoms with E-state index in [0.717, 1.165) is 44.3 Å². The Morgan fingerprint density at radius 3 is 2.50 bits per heavy atom. The van der Waals surface area contributed by atoms with Gasteiger partial charge in [0.05, 0.1) is 13.2 Å². The van der Waals surface area contributed by atoms with Gasteiger partial charge in [-0.3, -0.25) is 4.79 Å². The van der Waals surface area contributed by atoms with Crippen LogP contribution in [0.25, 0.3) is 0 Å². The van der Waals surface area contributed by atoms with Crippen molar-refractivity contribution in [3.8, 4) is 5.75 Å². The summed E-state index contributed by atoms with van der Waals surface area (Å²) in [6, 6.07) is 6.10. The first-order chi connectivity index (χ1) is 11.5. The first-order valence-electron chi connectivity index (χ1n) is 8.85. The lowest BCUT2D eigenvalue weighted by molar-refractivity contribution is -0.117. The summed E-state index contributed by atoms with van der Waals surface area (Å²) in [4.78, 5) is 21.9. The largest absolute Gasteiger partial charge is 0.497 e. The van der Waals surface area contributed by atoms with E-state index in [2.05, 4.69) is 31.3 Å². The molecule has 4 nitrogen and oxygen atoms in total. The van der Waals surface area contributed by atoms with Gasteiger partial charge >= 0.3 is 0 Å². The molecule has 1 N–H and O–H groups in total. The number of nitrogens with one attached hydrogen (secondary N) is 1. The lowest BCUT2D eigenvalue weighted by Crippen LogP contribution is -2.25. The first-order valence-corrected chi connectivity index (χ1v) is 8.85. The second-order valence-electron chi connectivity index (χ2n) is 6.69. The zero-order valence-corrected chi connectivity index (χ0v) is 15.4. The van der Waals surface area contributed by atoms with Crippen LogP contribution in [-0.4, -0.2) is 19.3 Å². The number of carbonyl (C=O) groups excluding carboxylic acids is 2. The molecule has 1 aromatic rings. The normalized spacial score (nSPS) is 12.0. The van der Waals surface area contributed by atoms with Crippen LogP contribution >= 0.6 is 0 Å². The van der Waals surface area contributed by atoms with E-state index in [9.17, 15) is 9.59 Å². The highest BCUT2D eigenvalue weighted by molar-refractivity contribution is 5.75. The van der Waals surface area contributed by atoms with Gasteiger partial charge in [0.1, 0.15) is 11.5 Å². The van der Waals surface area contributed by atoms with Crippen LogP contribution < -0.4 is 10.1 Å². The van der Waals surface area contributed by atoms with Gasteiger partial charge in [-0.25, -0.2) is 0 Å². The van der Waals surface area contributed by atoms with E-state index in [1.165, 1.54) is 11.1 Å². The molecule has 0 heterocycles. The van der Waals surface area contributed by atoms with Gasteiger partial charge in [-0.1, -0.05) is 32.8 Å². The Morgan fingerprint density at radius 2 is 1.92 bits per heavy atom. The molecule has 24 heavy (non-hydrogen) atoms. The van der Waals surface area contributed by atoms with Crippen LogP contribution in [0.4, 0.5) is 0 Å². The topological polar surface area (TPSA) is 55.4 Å². The van der Waals surface area contributed by atoms with Gasteiger partial charge in [0.2, 0.25) is 6.41 Å². The predicted molar refractivity (Wildman–Crippen MR) is 97.2 cm³/mol. The molecule has 0 aliphatic heterocycles. The van der Waals surface area contributed by atoms with E-state index >= 15 is 0 Å². The number of Topliss-reactive ketones (excluding diaryl/α,β-unsaturated/α-hetero) is 1. The van der Waals surface area contributed by atoms with Crippen molar-refractivity contribution in [3.63, 3.8) is 0 Å². The maximum Gasteiger partial charge on any atom is 0.207 e. The van der Waals surface area contributed by atoms with Crippen molar-refractivity contribution in [2.45, 2.75) is 65.3 Å². The Morgan fingerprint density at radius 1 is 1.21 bits per heavy atom. The van der Waals surface area contributed by atoms with Crippen molar-refractivity contribution < 1.29 is 14.3 Å². The molecule has 134 valence electrons. The van der Waals surface area contributed by atoms with Crippen LogP contribution in [0.1, 0.15) is 70.0 Å². The maximum absolute atomic E-state index is 11.0. The molecule has 1 rings (SSSR count). The zero-order chi connectivity index (χ0) is 17.9. The fourth-order valence-electron chi connectivity index (χ4n) is 2.99. The molecule has 0 aliphatic rings. The number of ether oxygens (including phenoxy) is 1. The maximum atomic E-state index is 11.0. The van der Waals surface area contributed by atoms with E-state index in [4.69, 9.17) is 4.74 Å². The summed E-state index contributed by atoms with van der Waals surface area (Å²) in [6.07, 6.45) is 6.65. The molecule has 1 aromatic carbocycles. The van der Waals surface area contributed by atoms with E-state index in [0.29, 0.717) is 12.3 Å². The van der Waals surface area contributed by atoms with Crippen LogP contribution in [0.15, 0.2) is 18.2 Å². The van der Waals surface area contributed by atoms with Gasteiger partial charge in [-0.05, 0) is 55.4 Å². The molecule has 1 amide bonds. The van der Waals surface area contributed by atoms with Crippen molar-refractivity contribution in [3.05, 3.63) is 29.3 Å². The molecule has 0 saturated heterocycles.